The molecule has 3 rings (SSSR count). The average molecular weight is 440 g/mol. The average Bonchev–Trinajstić information content (AvgIpc) is 2.70. The summed E-state index contributed by atoms with van der Waals surface area (Å²) in [6.07, 6.45) is 0. The molecule has 0 radical (unpaired) electrons. The minimum absolute atomic E-state index is 0.0506. The van der Waals surface area contributed by atoms with Crippen LogP contribution < -0.4 is 10.5 Å². The van der Waals surface area contributed by atoms with Crippen LogP contribution in [-0.4, -0.2) is 23.0 Å². The molecule has 0 unspecified atom stereocenters. The molecule has 0 atom stereocenters. The summed E-state index contributed by atoms with van der Waals surface area (Å²) >= 11 is 11.9. The maximum atomic E-state index is 14.7. The predicted molar refractivity (Wildman–Crippen MR) is 104 cm³/mol. The van der Waals surface area contributed by atoms with E-state index in [1.165, 1.54) is 43.5 Å². The second kappa shape index (κ2) is 8.59. The SMILES string of the molecule is COc1c(Cl)ccc(-c2nc(N)c(Cl)c(C(=O)OCc3ccc(F)cc3)n2)c1F. The fourth-order valence-electron chi connectivity index (χ4n) is 2.41. The summed E-state index contributed by atoms with van der Waals surface area (Å²) in [7, 11) is 1.25. The number of methoxy groups -OCH3 is 1. The van der Waals surface area contributed by atoms with Gasteiger partial charge in [0.1, 0.15) is 23.3 Å². The minimum atomic E-state index is -0.906. The molecule has 0 aliphatic carbocycles. The number of nitrogens with two attached hydrogens (primary N) is 1. The Morgan fingerprint density at radius 1 is 1.10 bits per heavy atom. The summed E-state index contributed by atoms with van der Waals surface area (Å²) in [4.78, 5) is 20.4. The normalized spacial score (nSPS) is 10.7. The quantitative estimate of drug-likeness (QED) is 0.580. The van der Waals surface area contributed by atoms with Gasteiger partial charge in [-0.05, 0) is 29.8 Å². The van der Waals surface area contributed by atoms with Gasteiger partial charge in [0.05, 0.1) is 17.7 Å². The molecule has 0 saturated carbocycles. The number of carbonyl (C=O) groups is 1. The minimum Gasteiger partial charge on any atom is -0.492 e. The topological polar surface area (TPSA) is 87.3 Å². The first-order chi connectivity index (χ1) is 13.8. The third kappa shape index (κ3) is 4.38. The van der Waals surface area contributed by atoms with E-state index in [9.17, 15) is 13.6 Å². The van der Waals surface area contributed by atoms with E-state index < -0.39 is 17.6 Å². The standard InChI is InChI=1S/C19H13Cl2F2N3O3/c1-28-16-12(20)7-6-11(14(16)23)18-25-15(13(21)17(24)26-18)19(27)29-8-9-2-4-10(22)5-3-9/h2-7H,8H2,1H3,(H2,24,25,26). The van der Waals surface area contributed by atoms with Gasteiger partial charge in [-0.2, -0.15) is 0 Å². The van der Waals surface area contributed by atoms with Gasteiger partial charge in [-0.15, -0.1) is 0 Å². The van der Waals surface area contributed by atoms with Crippen molar-refractivity contribution < 1.29 is 23.0 Å². The first-order valence-electron chi connectivity index (χ1n) is 8.08. The highest BCUT2D eigenvalue weighted by Gasteiger charge is 2.23. The number of esters is 1. The van der Waals surface area contributed by atoms with Crippen LogP contribution in [0.4, 0.5) is 14.6 Å². The molecule has 0 fully saturated rings. The number of nitrogens with zero attached hydrogens (tertiary/aromatic N) is 2. The number of nitrogen functional groups attached to an aromatic ring is 1. The van der Waals surface area contributed by atoms with Crippen LogP contribution in [0.1, 0.15) is 16.1 Å². The molecule has 0 saturated heterocycles. The van der Waals surface area contributed by atoms with Crippen LogP contribution in [-0.2, 0) is 11.3 Å². The molecule has 0 aliphatic heterocycles. The van der Waals surface area contributed by atoms with E-state index >= 15 is 0 Å². The zero-order valence-corrected chi connectivity index (χ0v) is 16.4. The molecule has 2 aromatic carbocycles. The van der Waals surface area contributed by atoms with Gasteiger partial charge in [0.15, 0.2) is 23.1 Å². The van der Waals surface area contributed by atoms with Crippen molar-refractivity contribution in [3.8, 4) is 17.1 Å². The van der Waals surface area contributed by atoms with Crippen LogP contribution in [0, 0.1) is 11.6 Å². The van der Waals surface area contributed by atoms with Crippen molar-refractivity contribution in [3.05, 3.63) is 69.3 Å². The van der Waals surface area contributed by atoms with Crippen molar-refractivity contribution in [1.82, 2.24) is 9.97 Å². The highest BCUT2D eigenvalue weighted by Crippen LogP contribution is 2.35. The van der Waals surface area contributed by atoms with Crippen molar-refractivity contribution in [2.75, 3.05) is 12.8 Å². The Labute approximate surface area is 174 Å². The van der Waals surface area contributed by atoms with E-state index in [2.05, 4.69) is 9.97 Å². The molecule has 2 N–H and O–H groups in total. The van der Waals surface area contributed by atoms with Crippen molar-refractivity contribution in [2.24, 2.45) is 0 Å². The van der Waals surface area contributed by atoms with Crippen LogP contribution in [0.25, 0.3) is 11.4 Å². The van der Waals surface area contributed by atoms with Gasteiger partial charge >= 0.3 is 5.97 Å². The molecule has 6 nitrogen and oxygen atoms in total. The predicted octanol–water partition coefficient (Wildman–Crippen LogP) is 4.68. The Bertz CT molecular complexity index is 1080. The molecule has 1 heterocycles. The zero-order valence-electron chi connectivity index (χ0n) is 14.9. The molecule has 0 aliphatic rings. The lowest BCUT2D eigenvalue weighted by Gasteiger charge is -2.11. The summed E-state index contributed by atoms with van der Waals surface area (Å²) in [6, 6.07) is 8.08. The Balaban J connectivity index is 1.93. The number of hydrogen-bond donors (Lipinski definition) is 1. The number of anilines is 1. The van der Waals surface area contributed by atoms with Gasteiger partial charge in [0.25, 0.3) is 0 Å². The zero-order chi connectivity index (χ0) is 21.1. The van der Waals surface area contributed by atoms with Crippen molar-refractivity contribution in [1.29, 1.82) is 0 Å². The number of carbonyl (C=O) groups excluding carboxylic acids is 1. The van der Waals surface area contributed by atoms with E-state index in [1.54, 1.807) is 0 Å². The summed E-state index contributed by atoms with van der Waals surface area (Å²) in [6.45, 7) is -0.155. The lowest BCUT2D eigenvalue weighted by Crippen LogP contribution is -2.12. The summed E-state index contributed by atoms with van der Waals surface area (Å²) in [5, 5.41) is -0.186. The van der Waals surface area contributed by atoms with E-state index in [1.807, 2.05) is 0 Å². The molecule has 0 amide bonds. The van der Waals surface area contributed by atoms with Gasteiger partial charge in [0.2, 0.25) is 0 Å². The number of hydrogen-bond acceptors (Lipinski definition) is 6. The van der Waals surface area contributed by atoms with Crippen molar-refractivity contribution in [2.45, 2.75) is 6.61 Å². The number of benzene rings is 2. The van der Waals surface area contributed by atoms with Crippen molar-refractivity contribution >= 4 is 35.0 Å². The fourth-order valence-corrected chi connectivity index (χ4v) is 2.80. The second-order valence-corrected chi connectivity index (χ2v) is 6.52. The summed E-state index contributed by atoms with van der Waals surface area (Å²) < 4.78 is 37.7. The van der Waals surface area contributed by atoms with Crippen LogP contribution in [0.3, 0.4) is 0 Å². The van der Waals surface area contributed by atoms with Crippen LogP contribution in [0.5, 0.6) is 5.75 Å². The summed E-state index contributed by atoms with van der Waals surface area (Å²) in [5.41, 5.74) is 5.87. The fraction of sp³-hybridized carbons (Fsp3) is 0.105. The second-order valence-electron chi connectivity index (χ2n) is 5.74. The highest BCUT2D eigenvalue weighted by atomic mass is 35.5. The molecular weight excluding hydrogens is 427 g/mol. The van der Waals surface area contributed by atoms with Gasteiger partial charge in [-0.25, -0.2) is 23.5 Å². The van der Waals surface area contributed by atoms with E-state index in [0.717, 1.165) is 0 Å². The Morgan fingerprint density at radius 2 is 1.79 bits per heavy atom. The van der Waals surface area contributed by atoms with Gasteiger partial charge in [-0.1, -0.05) is 35.3 Å². The third-order valence-electron chi connectivity index (χ3n) is 3.85. The highest BCUT2D eigenvalue weighted by molar-refractivity contribution is 6.35. The lowest BCUT2D eigenvalue weighted by atomic mass is 10.1. The van der Waals surface area contributed by atoms with Gasteiger partial charge in [-0.3, -0.25) is 0 Å². The molecule has 3 aromatic rings. The largest absolute Gasteiger partial charge is 0.492 e. The lowest BCUT2D eigenvalue weighted by molar-refractivity contribution is 0.0466. The van der Waals surface area contributed by atoms with Crippen LogP contribution in [0.15, 0.2) is 36.4 Å². The molecule has 0 bridgehead atoms. The third-order valence-corrected chi connectivity index (χ3v) is 4.52. The molecule has 10 heteroatoms. The number of aromatic nitrogens is 2. The van der Waals surface area contributed by atoms with Crippen LogP contribution in [0.2, 0.25) is 10.0 Å². The summed E-state index contributed by atoms with van der Waals surface area (Å²) in [5.74, 6) is -2.80. The van der Waals surface area contributed by atoms with E-state index in [0.29, 0.717) is 5.56 Å². The smallest absolute Gasteiger partial charge is 0.359 e. The van der Waals surface area contributed by atoms with Gasteiger partial charge in [0, 0.05) is 0 Å². The molecule has 150 valence electrons. The van der Waals surface area contributed by atoms with Crippen LogP contribution >= 0.6 is 23.2 Å². The first kappa shape index (κ1) is 20.8. The van der Waals surface area contributed by atoms with E-state index in [4.69, 9.17) is 38.4 Å². The number of halogens is 4. The van der Waals surface area contributed by atoms with Crippen molar-refractivity contribution in [3.63, 3.8) is 0 Å². The molecule has 0 spiro atoms. The maximum absolute atomic E-state index is 14.7. The van der Waals surface area contributed by atoms with Gasteiger partial charge < -0.3 is 15.2 Å². The Hall–Kier alpha value is -2.97. The Kier molecular flexibility index (Phi) is 6.14. The number of rotatable bonds is 5. The maximum Gasteiger partial charge on any atom is 0.359 e. The first-order valence-corrected chi connectivity index (χ1v) is 8.84. The monoisotopic (exact) mass is 439 g/mol. The number of ether oxygens (including phenoxy) is 2. The molecule has 1 aromatic heterocycles. The Morgan fingerprint density at radius 3 is 2.45 bits per heavy atom. The molecule has 29 heavy (non-hydrogen) atoms. The van der Waals surface area contributed by atoms with E-state index in [-0.39, 0.29) is 45.3 Å². The molecular formula is C19H13Cl2F2N3O3.